The van der Waals surface area contributed by atoms with Crippen LogP contribution in [0.2, 0.25) is 0 Å². The van der Waals surface area contributed by atoms with Crippen molar-refractivity contribution in [3.63, 3.8) is 0 Å². The van der Waals surface area contributed by atoms with Crippen LogP contribution in [-0.2, 0) is 22.5 Å². The van der Waals surface area contributed by atoms with Gasteiger partial charge in [-0.2, -0.15) is 0 Å². The van der Waals surface area contributed by atoms with Crippen LogP contribution >= 0.6 is 0 Å². The van der Waals surface area contributed by atoms with E-state index in [0.717, 1.165) is 30.8 Å². The van der Waals surface area contributed by atoms with Gasteiger partial charge in [-0.15, -0.1) is 0 Å². The molecule has 2 aliphatic rings. The van der Waals surface area contributed by atoms with Crippen LogP contribution in [0.3, 0.4) is 0 Å². The zero-order valence-electron chi connectivity index (χ0n) is 13.0. The molecule has 0 spiro atoms. The largest absolute Gasteiger partial charge is 0.478 e. The number of anilines is 1. The molecule has 3 heterocycles. The molecule has 1 fully saturated rings. The van der Waals surface area contributed by atoms with E-state index in [1.165, 1.54) is 0 Å². The second kappa shape index (κ2) is 6.22. The van der Waals surface area contributed by atoms with Crippen LogP contribution in [0.4, 0.5) is 5.82 Å². The normalized spacial score (nSPS) is 25.5. The number of morpholine rings is 1. The Morgan fingerprint density at radius 1 is 1.36 bits per heavy atom. The molecule has 1 saturated heterocycles. The molecule has 0 bridgehead atoms. The summed E-state index contributed by atoms with van der Waals surface area (Å²) < 4.78 is 11.3. The highest BCUT2D eigenvalue weighted by Gasteiger charge is 2.26. The van der Waals surface area contributed by atoms with Gasteiger partial charge < -0.3 is 19.5 Å². The third kappa shape index (κ3) is 3.08. The lowest BCUT2D eigenvalue weighted by molar-refractivity contribution is -0.00548. The molecule has 1 N–H and O–H groups in total. The summed E-state index contributed by atoms with van der Waals surface area (Å²) in [5.74, 6) is -0.181. The van der Waals surface area contributed by atoms with E-state index >= 15 is 0 Å². The zero-order valence-corrected chi connectivity index (χ0v) is 13.0. The predicted octanol–water partition coefficient (Wildman–Crippen LogP) is 1.86. The zero-order chi connectivity index (χ0) is 15.7. The molecule has 0 unspecified atom stereocenters. The lowest BCUT2D eigenvalue weighted by Gasteiger charge is -2.36. The van der Waals surface area contributed by atoms with Gasteiger partial charge >= 0.3 is 5.97 Å². The lowest BCUT2D eigenvalue weighted by atomic mass is 10.0. The molecule has 0 amide bonds. The van der Waals surface area contributed by atoms with Gasteiger partial charge in [-0.1, -0.05) is 0 Å². The topological polar surface area (TPSA) is 71.9 Å². The molecular formula is C16H22N2O4. The van der Waals surface area contributed by atoms with Gasteiger partial charge in [0.05, 0.1) is 30.1 Å². The predicted molar refractivity (Wildman–Crippen MR) is 81.4 cm³/mol. The van der Waals surface area contributed by atoms with Gasteiger partial charge in [0, 0.05) is 19.7 Å². The van der Waals surface area contributed by atoms with Crippen LogP contribution in [-0.4, -0.2) is 48.0 Å². The maximum Gasteiger partial charge on any atom is 0.336 e. The Morgan fingerprint density at radius 2 is 2.09 bits per heavy atom. The third-order valence-electron chi connectivity index (χ3n) is 4.12. The Kier molecular flexibility index (Phi) is 4.31. The van der Waals surface area contributed by atoms with E-state index < -0.39 is 5.97 Å². The lowest BCUT2D eigenvalue weighted by Crippen LogP contribution is -2.46. The number of aromatic nitrogens is 1. The van der Waals surface area contributed by atoms with E-state index in [2.05, 4.69) is 4.90 Å². The van der Waals surface area contributed by atoms with E-state index in [9.17, 15) is 9.90 Å². The molecule has 0 saturated carbocycles. The number of fused-ring (bicyclic) bond motifs is 1. The average Bonchev–Trinajstić information content (AvgIpc) is 2.70. The van der Waals surface area contributed by atoms with Gasteiger partial charge in [-0.3, -0.25) is 0 Å². The molecule has 1 aromatic rings. The number of carbonyl (C=O) groups is 1. The molecular weight excluding hydrogens is 284 g/mol. The summed E-state index contributed by atoms with van der Waals surface area (Å²) in [6.07, 6.45) is 1.75. The van der Waals surface area contributed by atoms with Crippen LogP contribution in [0.25, 0.3) is 0 Å². The molecule has 6 heteroatoms. The van der Waals surface area contributed by atoms with Gasteiger partial charge in [-0.25, -0.2) is 9.78 Å². The van der Waals surface area contributed by atoms with Crippen molar-refractivity contribution in [1.29, 1.82) is 0 Å². The highest BCUT2D eigenvalue weighted by atomic mass is 16.5. The van der Waals surface area contributed by atoms with Crippen LogP contribution in [0.5, 0.6) is 0 Å². The van der Waals surface area contributed by atoms with Gasteiger partial charge in [0.1, 0.15) is 5.82 Å². The second-order valence-corrected chi connectivity index (χ2v) is 6.08. The minimum Gasteiger partial charge on any atom is -0.478 e. The Morgan fingerprint density at radius 3 is 2.77 bits per heavy atom. The maximum absolute atomic E-state index is 11.6. The number of hydrogen-bond acceptors (Lipinski definition) is 5. The number of nitrogens with zero attached hydrogens (tertiary/aromatic N) is 2. The molecule has 0 radical (unpaired) electrons. The summed E-state index contributed by atoms with van der Waals surface area (Å²) in [6, 6.07) is 1.71. The second-order valence-electron chi connectivity index (χ2n) is 6.08. The maximum atomic E-state index is 11.6. The SMILES string of the molecule is C[C@@H]1CN(c2cc(C(=O)O)c3c(n2)COCCC3)C[C@H](C)O1. The first-order chi connectivity index (χ1) is 10.5. The van der Waals surface area contributed by atoms with Crippen molar-refractivity contribution in [2.45, 2.75) is 45.5 Å². The molecule has 1 aromatic heterocycles. The van der Waals surface area contributed by atoms with Crippen LogP contribution in [0.15, 0.2) is 6.07 Å². The van der Waals surface area contributed by atoms with Crippen LogP contribution in [0.1, 0.15) is 41.9 Å². The van der Waals surface area contributed by atoms with E-state index in [-0.39, 0.29) is 12.2 Å². The Balaban J connectivity index is 1.99. The molecule has 120 valence electrons. The van der Waals surface area contributed by atoms with Crippen molar-refractivity contribution in [1.82, 2.24) is 4.98 Å². The number of carboxylic acid groups (broad SMARTS) is 1. The fourth-order valence-electron chi connectivity index (χ4n) is 3.25. The van der Waals surface area contributed by atoms with Gasteiger partial charge in [0.15, 0.2) is 0 Å². The summed E-state index contributed by atoms with van der Waals surface area (Å²) in [6.45, 7) is 6.52. The Labute approximate surface area is 130 Å². The van der Waals surface area contributed by atoms with E-state index in [1.807, 2.05) is 13.8 Å². The van der Waals surface area contributed by atoms with Crippen molar-refractivity contribution in [2.24, 2.45) is 0 Å². The van der Waals surface area contributed by atoms with Gasteiger partial charge in [0.25, 0.3) is 0 Å². The van der Waals surface area contributed by atoms with E-state index in [4.69, 9.17) is 14.5 Å². The first kappa shape index (κ1) is 15.2. The average molecular weight is 306 g/mol. The minimum absolute atomic E-state index is 0.105. The Bertz CT molecular complexity index is 566. The molecule has 2 atom stereocenters. The monoisotopic (exact) mass is 306 g/mol. The van der Waals surface area contributed by atoms with Crippen LogP contribution < -0.4 is 4.90 Å². The summed E-state index contributed by atoms with van der Waals surface area (Å²) in [4.78, 5) is 18.4. The van der Waals surface area contributed by atoms with Crippen molar-refractivity contribution in [3.05, 3.63) is 22.9 Å². The molecule has 0 aromatic carbocycles. The first-order valence-electron chi connectivity index (χ1n) is 7.79. The number of hydrogen-bond donors (Lipinski definition) is 1. The van der Waals surface area contributed by atoms with Crippen molar-refractivity contribution in [3.8, 4) is 0 Å². The summed E-state index contributed by atoms with van der Waals surface area (Å²) in [5, 5.41) is 9.55. The number of carboxylic acids is 1. The minimum atomic E-state index is -0.892. The number of ether oxygens (including phenoxy) is 2. The number of rotatable bonds is 2. The van der Waals surface area contributed by atoms with Gasteiger partial charge in [-0.05, 0) is 38.3 Å². The van der Waals surface area contributed by atoms with E-state index in [0.29, 0.717) is 31.0 Å². The quantitative estimate of drug-likeness (QED) is 0.899. The first-order valence-corrected chi connectivity index (χ1v) is 7.79. The summed E-state index contributed by atoms with van der Waals surface area (Å²) in [5.41, 5.74) is 1.94. The molecule has 3 rings (SSSR count). The smallest absolute Gasteiger partial charge is 0.336 e. The van der Waals surface area contributed by atoms with Crippen molar-refractivity contribution in [2.75, 3.05) is 24.6 Å². The summed E-state index contributed by atoms with van der Waals surface area (Å²) in [7, 11) is 0. The summed E-state index contributed by atoms with van der Waals surface area (Å²) >= 11 is 0. The third-order valence-corrected chi connectivity index (χ3v) is 4.12. The number of pyridine rings is 1. The van der Waals surface area contributed by atoms with Crippen molar-refractivity contribution >= 4 is 11.8 Å². The molecule has 2 aliphatic heterocycles. The molecule has 6 nitrogen and oxygen atoms in total. The standard InChI is InChI=1S/C16H22N2O4/c1-10-7-18(8-11(2)22-10)15-6-13(16(19)20)12-4-3-5-21-9-14(12)17-15/h6,10-11H,3-5,7-9H2,1-2H3,(H,19,20)/t10-,11+. The molecule has 0 aliphatic carbocycles. The highest BCUT2D eigenvalue weighted by molar-refractivity contribution is 5.90. The molecule has 22 heavy (non-hydrogen) atoms. The highest BCUT2D eigenvalue weighted by Crippen LogP contribution is 2.26. The Hall–Kier alpha value is -1.66. The van der Waals surface area contributed by atoms with Gasteiger partial charge in [0.2, 0.25) is 0 Å². The van der Waals surface area contributed by atoms with Crippen molar-refractivity contribution < 1.29 is 19.4 Å². The van der Waals surface area contributed by atoms with E-state index in [1.54, 1.807) is 6.07 Å². The fourth-order valence-corrected chi connectivity index (χ4v) is 3.25. The number of aromatic carboxylic acids is 1. The van der Waals surface area contributed by atoms with Crippen LogP contribution in [0, 0.1) is 0 Å². The fraction of sp³-hybridized carbons (Fsp3) is 0.625.